The molecule has 11 nitrogen and oxygen atoms in total. The second-order valence-corrected chi connectivity index (χ2v) is 7.47. The topological polar surface area (TPSA) is 129 Å². The van der Waals surface area contributed by atoms with Crippen LogP contribution in [0.25, 0.3) is 0 Å². The molecule has 0 aromatic carbocycles. The van der Waals surface area contributed by atoms with E-state index in [1.54, 1.807) is 32.9 Å². The Morgan fingerprint density at radius 1 is 0.969 bits per heavy atom. The predicted octanol–water partition coefficient (Wildman–Crippen LogP) is 3.81. The summed E-state index contributed by atoms with van der Waals surface area (Å²) in [5.41, 5.74) is -0.914. The second-order valence-electron chi connectivity index (χ2n) is 5.98. The fraction of sp³-hybridized carbons (Fsp3) is 0.579. The summed E-state index contributed by atoms with van der Waals surface area (Å²) in [4.78, 5) is 40.0. The number of pyridine rings is 1. The van der Waals surface area contributed by atoms with Crippen molar-refractivity contribution in [3.63, 3.8) is 0 Å². The van der Waals surface area contributed by atoms with Gasteiger partial charge in [-0.25, -0.2) is 19.4 Å². The quantitative estimate of drug-likeness (QED) is 0.296. The normalized spacial score (nSPS) is 22.2. The minimum Gasteiger partial charge on any atom is -0.472 e. The van der Waals surface area contributed by atoms with Gasteiger partial charge in [-0.2, -0.15) is 0 Å². The van der Waals surface area contributed by atoms with Crippen molar-refractivity contribution < 1.29 is 47.5 Å². The highest BCUT2D eigenvalue weighted by Gasteiger charge is 2.49. The number of thioether (sulfide) groups is 1. The standard InChI is InChI=1S/C19H24ClNO10S/c1-4-25-17(22)29-12-10-32-16(28-11-8-7-9-21-15(11)20)14(31-19(24)27-6-3)13(12)30-18(23)26-5-2/h7-9,12-14,16H,4-6,10H2,1-3H3/t12-,13+,14-,16-/m1/s1. The first-order valence-corrected chi connectivity index (χ1v) is 11.2. The number of carbonyl (C=O) groups is 3. The van der Waals surface area contributed by atoms with Crippen LogP contribution < -0.4 is 4.74 Å². The number of halogens is 1. The SMILES string of the molecule is CCOC(=O)O[C@@H]1[C@@H](OC(=O)OCC)[C@H](OC(=O)OCC)CS[C@H]1Oc1cccnc1Cl. The molecule has 0 unspecified atom stereocenters. The van der Waals surface area contributed by atoms with Crippen molar-refractivity contribution >= 4 is 41.8 Å². The molecular formula is C19H24ClNO10S. The van der Waals surface area contributed by atoms with Gasteiger partial charge in [0.2, 0.25) is 0 Å². The van der Waals surface area contributed by atoms with Crippen molar-refractivity contribution in [1.29, 1.82) is 0 Å². The average Bonchev–Trinajstić information content (AvgIpc) is 2.74. The smallest absolute Gasteiger partial charge is 0.472 e. The molecule has 1 fully saturated rings. The summed E-state index contributed by atoms with van der Waals surface area (Å²) in [6, 6.07) is 3.18. The highest BCUT2D eigenvalue weighted by Crippen LogP contribution is 2.36. The third-order valence-electron chi connectivity index (χ3n) is 3.85. The molecule has 1 aliphatic heterocycles. The number of aromatic nitrogens is 1. The van der Waals surface area contributed by atoms with Crippen molar-refractivity contribution in [3.8, 4) is 5.75 Å². The lowest BCUT2D eigenvalue weighted by atomic mass is 10.1. The summed E-state index contributed by atoms with van der Waals surface area (Å²) in [5.74, 6) is 0.331. The third kappa shape index (κ3) is 7.52. The zero-order valence-electron chi connectivity index (χ0n) is 17.7. The number of rotatable bonds is 8. The molecule has 0 bridgehead atoms. The summed E-state index contributed by atoms with van der Waals surface area (Å²) < 4.78 is 36.4. The number of nitrogens with zero attached hydrogens (tertiary/aromatic N) is 1. The number of carbonyl (C=O) groups excluding carboxylic acids is 3. The highest BCUT2D eigenvalue weighted by atomic mass is 35.5. The van der Waals surface area contributed by atoms with Gasteiger partial charge in [0, 0.05) is 11.9 Å². The van der Waals surface area contributed by atoms with E-state index < -0.39 is 42.2 Å². The molecule has 4 atom stereocenters. The summed E-state index contributed by atoms with van der Waals surface area (Å²) >= 11 is 7.21. The zero-order valence-corrected chi connectivity index (χ0v) is 19.3. The van der Waals surface area contributed by atoms with Crippen molar-refractivity contribution in [2.45, 2.75) is 44.5 Å². The van der Waals surface area contributed by atoms with E-state index in [0.717, 1.165) is 11.8 Å². The Bertz CT molecular complexity index is 782. The molecule has 178 valence electrons. The van der Waals surface area contributed by atoms with Crippen LogP contribution in [0.1, 0.15) is 20.8 Å². The Kier molecular flexibility index (Phi) is 10.5. The van der Waals surface area contributed by atoms with E-state index in [0.29, 0.717) is 0 Å². The second kappa shape index (κ2) is 13.1. The molecule has 0 saturated carbocycles. The molecule has 32 heavy (non-hydrogen) atoms. The molecule has 1 aliphatic rings. The van der Waals surface area contributed by atoms with Gasteiger partial charge in [0.25, 0.3) is 0 Å². The first-order chi connectivity index (χ1) is 15.4. The van der Waals surface area contributed by atoms with E-state index in [1.165, 1.54) is 6.20 Å². The molecule has 1 saturated heterocycles. The first kappa shape index (κ1) is 25.7. The molecule has 2 heterocycles. The van der Waals surface area contributed by atoms with Crippen LogP contribution in [0.4, 0.5) is 14.4 Å². The Labute approximate surface area is 193 Å². The Morgan fingerprint density at radius 2 is 1.53 bits per heavy atom. The molecule has 2 rings (SSSR count). The Hall–Kier alpha value is -2.60. The Balaban J connectivity index is 2.33. The minimum atomic E-state index is -1.29. The van der Waals surface area contributed by atoms with Gasteiger partial charge in [-0.3, -0.25) is 0 Å². The molecule has 0 N–H and O–H groups in total. The van der Waals surface area contributed by atoms with E-state index in [-0.39, 0.29) is 36.5 Å². The average molecular weight is 494 g/mol. The van der Waals surface area contributed by atoms with Crippen LogP contribution in [0.2, 0.25) is 5.15 Å². The maximum atomic E-state index is 12.1. The van der Waals surface area contributed by atoms with Crippen LogP contribution in [-0.4, -0.2) is 72.8 Å². The van der Waals surface area contributed by atoms with Gasteiger partial charge < -0.3 is 33.2 Å². The number of ether oxygens (including phenoxy) is 7. The van der Waals surface area contributed by atoms with Gasteiger partial charge in [-0.1, -0.05) is 11.6 Å². The third-order valence-corrected chi connectivity index (χ3v) is 5.35. The maximum absolute atomic E-state index is 12.1. The van der Waals surface area contributed by atoms with Crippen LogP contribution in [-0.2, 0) is 28.4 Å². The summed E-state index contributed by atoms with van der Waals surface area (Å²) in [6.07, 6.45) is -5.15. The van der Waals surface area contributed by atoms with Crippen LogP contribution in [0.5, 0.6) is 5.75 Å². The minimum absolute atomic E-state index is 0.0400. The summed E-state index contributed by atoms with van der Waals surface area (Å²) in [5, 5.41) is 0.0794. The van der Waals surface area contributed by atoms with Gasteiger partial charge in [-0.15, -0.1) is 11.8 Å². The fourth-order valence-electron chi connectivity index (χ4n) is 2.60. The van der Waals surface area contributed by atoms with Gasteiger partial charge in [-0.05, 0) is 32.9 Å². The Morgan fingerprint density at radius 3 is 2.09 bits per heavy atom. The van der Waals surface area contributed by atoms with E-state index in [2.05, 4.69) is 4.98 Å². The molecule has 0 amide bonds. The van der Waals surface area contributed by atoms with Crippen LogP contribution >= 0.6 is 23.4 Å². The van der Waals surface area contributed by atoms with E-state index in [1.807, 2.05) is 0 Å². The monoisotopic (exact) mass is 493 g/mol. The van der Waals surface area contributed by atoms with Crippen molar-refractivity contribution in [3.05, 3.63) is 23.5 Å². The van der Waals surface area contributed by atoms with Crippen molar-refractivity contribution in [2.24, 2.45) is 0 Å². The lowest BCUT2D eigenvalue weighted by molar-refractivity contribution is -0.119. The number of hydrogen-bond donors (Lipinski definition) is 0. The van der Waals surface area contributed by atoms with Crippen LogP contribution in [0.3, 0.4) is 0 Å². The van der Waals surface area contributed by atoms with Crippen LogP contribution in [0, 0.1) is 0 Å². The number of hydrogen-bond acceptors (Lipinski definition) is 12. The van der Waals surface area contributed by atoms with Crippen LogP contribution in [0.15, 0.2) is 18.3 Å². The molecular weight excluding hydrogens is 470 g/mol. The van der Waals surface area contributed by atoms with E-state index in [4.69, 9.17) is 44.8 Å². The molecule has 0 radical (unpaired) electrons. The van der Waals surface area contributed by atoms with Gasteiger partial charge in [0.15, 0.2) is 34.7 Å². The van der Waals surface area contributed by atoms with E-state index >= 15 is 0 Å². The molecule has 1 aromatic rings. The molecule has 1 aromatic heterocycles. The maximum Gasteiger partial charge on any atom is 0.508 e. The van der Waals surface area contributed by atoms with Crippen molar-refractivity contribution in [2.75, 3.05) is 25.6 Å². The fourth-order valence-corrected chi connectivity index (χ4v) is 3.97. The van der Waals surface area contributed by atoms with Gasteiger partial charge >= 0.3 is 18.5 Å². The van der Waals surface area contributed by atoms with Crippen molar-refractivity contribution in [1.82, 2.24) is 4.98 Å². The molecule has 13 heteroatoms. The summed E-state index contributed by atoms with van der Waals surface area (Å²) in [7, 11) is 0. The molecule has 0 aliphatic carbocycles. The lowest BCUT2D eigenvalue weighted by Crippen LogP contribution is -2.56. The largest absolute Gasteiger partial charge is 0.508 e. The van der Waals surface area contributed by atoms with Gasteiger partial charge in [0.1, 0.15) is 0 Å². The lowest BCUT2D eigenvalue weighted by Gasteiger charge is -2.39. The van der Waals surface area contributed by atoms with Gasteiger partial charge in [0.05, 0.1) is 19.8 Å². The zero-order chi connectivity index (χ0) is 23.5. The predicted molar refractivity (Wildman–Crippen MR) is 112 cm³/mol. The highest BCUT2D eigenvalue weighted by molar-refractivity contribution is 7.99. The summed E-state index contributed by atoms with van der Waals surface area (Å²) in [6.45, 7) is 4.96. The molecule has 0 spiro atoms. The van der Waals surface area contributed by atoms with E-state index in [9.17, 15) is 14.4 Å². The first-order valence-electron chi connectivity index (χ1n) is 9.78.